The molecule has 2 unspecified atom stereocenters. The summed E-state index contributed by atoms with van der Waals surface area (Å²) in [7, 11) is 0. The molecule has 1 heterocycles. The van der Waals surface area contributed by atoms with E-state index in [0.29, 0.717) is 12.6 Å². The second-order valence-electron chi connectivity index (χ2n) is 4.08. The fraction of sp³-hybridized carbons (Fsp3) is 0.538. The number of benzene rings is 1. The Hall–Kier alpha value is -1.22. The summed E-state index contributed by atoms with van der Waals surface area (Å²) in [5, 5.41) is 3.48. The van der Waals surface area contributed by atoms with Crippen molar-refractivity contribution in [2.75, 3.05) is 18.5 Å². The van der Waals surface area contributed by atoms with Gasteiger partial charge in [0.1, 0.15) is 5.75 Å². The minimum atomic E-state index is 0.288. The van der Waals surface area contributed by atoms with Gasteiger partial charge in [0, 0.05) is 18.4 Å². The summed E-state index contributed by atoms with van der Waals surface area (Å²) in [6.45, 7) is 5.65. The molecule has 1 aromatic rings. The van der Waals surface area contributed by atoms with Crippen molar-refractivity contribution >= 4 is 5.69 Å². The van der Waals surface area contributed by atoms with Crippen LogP contribution in [0.2, 0.25) is 0 Å². The molecule has 1 aliphatic rings. The van der Waals surface area contributed by atoms with Gasteiger partial charge in [-0.15, -0.1) is 0 Å². The molecule has 1 aliphatic heterocycles. The van der Waals surface area contributed by atoms with Gasteiger partial charge in [-0.3, -0.25) is 0 Å². The third kappa shape index (κ3) is 2.67. The van der Waals surface area contributed by atoms with Crippen LogP contribution in [0.25, 0.3) is 0 Å². The van der Waals surface area contributed by atoms with Gasteiger partial charge < -0.3 is 14.8 Å². The molecule has 1 N–H and O–H groups in total. The summed E-state index contributed by atoms with van der Waals surface area (Å²) in [4.78, 5) is 0. The summed E-state index contributed by atoms with van der Waals surface area (Å²) >= 11 is 0. The van der Waals surface area contributed by atoms with E-state index in [1.807, 2.05) is 25.1 Å². The van der Waals surface area contributed by atoms with Gasteiger partial charge in [0.15, 0.2) is 0 Å². The van der Waals surface area contributed by atoms with Crippen LogP contribution < -0.4 is 10.1 Å². The van der Waals surface area contributed by atoms with Crippen LogP contribution in [0.5, 0.6) is 5.75 Å². The molecule has 0 aliphatic carbocycles. The van der Waals surface area contributed by atoms with Crippen LogP contribution in [0.4, 0.5) is 5.69 Å². The second kappa shape index (κ2) is 5.21. The van der Waals surface area contributed by atoms with Crippen molar-refractivity contribution in [3.8, 4) is 5.75 Å². The molecular formula is C13H19NO2. The molecule has 0 bridgehead atoms. The number of anilines is 1. The van der Waals surface area contributed by atoms with Crippen molar-refractivity contribution in [1.29, 1.82) is 0 Å². The number of nitrogens with one attached hydrogen (secondary N) is 1. The Bertz CT molecular complexity index is 340. The fourth-order valence-corrected chi connectivity index (χ4v) is 1.98. The Morgan fingerprint density at radius 2 is 2.38 bits per heavy atom. The average Bonchev–Trinajstić information content (AvgIpc) is 2.66. The molecule has 2 atom stereocenters. The molecule has 0 saturated carbocycles. The quantitative estimate of drug-likeness (QED) is 0.848. The third-order valence-electron chi connectivity index (χ3n) is 2.87. The van der Waals surface area contributed by atoms with Crippen molar-refractivity contribution < 1.29 is 9.47 Å². The number of rotatable bonds is 4. The topological polar surface area (TPSA) is 30.5 Å². The van der Waals surface area contributed by atoms with Gasteiger partial charge in [-0.25, -0.2) is 0 Å². The van der Waals surface area contributed by atoms with E-state index in [-0.39, 0.29) is 6.10 Å². The van der Waals surface area contributed by atoms with Crippen molar-refractivity contribution in [2.45, 2.75) is 32.4 Å². The van der Waals surface area contributed by atoms with E-state index in [9.17, 15) is 0 Å². The Labute approximate surface area is 96.8 Å². The number of hydrogen-bond acceptors (Lipinski definition) is 3. The van der Waals surface area contributed by atoms with Crippen LogP contribution in [0.15, 0.2) is 24.3 Å². The van der Waals surface area contributed by atoms with Crippen LogP contribution in [0.1, 0.15) is 20.3 Å². The first-order chi connectivity index (χ1) is 7.79. The summed E-state index contributed by atoms with van der Waals surface area (Å²) < 4.78 is 11.0. The lowest BCUT2D eigenvalue weighted by atomic mass is 10.1. The average molecular weight is 221 g/mol. The smallest absolute Gasteiger partial charge is 0.121 e. The summed E-state index contributed by atoms with van der Waals surface area (Å²) in [5.74, 6) is 0.916. The van der Waals surface area contributed by atoms with Gasteiger partial charge in [0.05, 0.1) is 18.8 Å². The molecule has 2 rings (SSSR count). The minimum Gasteiger partial charge on any atom is -0.494 e. The fourth-order valence-electron chi connectivity index (χ4n) is 1.98. The van der Waals surface area contributed by atoms with Crippen molar-refractivity contribution in [3.63, 3.8) is 0 Å². The highest BCUT2D eigenvalue weighted by atomic mass is 16.5. The molecule has 3 nitrogen and oxygen atoms in total. The SMILES string of the molecule is CCOc1cccc(NC2CCOC2C)c1. The Morgan fingerprint density at radius 1 is 1.50 bits per heavy atom. The third-order valence-corrected chi connectivity index (χ3v) is 2.87. The Balaban J connectivity index is 2.00. The highest BCUT2D eigenvalue weighted by molar-refractivity contribution is 5.49. The van der Waals surface area contributed by atoms with Crippen molar-refractivity contribution in [1.82, 2.24) is 0 Å². The molecule has 1 saturated heterocycles. The predicted molar refractivity (Wildman–Crippen MR) is 65.1 cm³/mol. The van der Waals surface area contributed by atoms with Gasteiger partial charge in [-0.05, 0) is 32.4 Å². The maximum atomic E-state index is 5.52. The Morgan fingerprint density at radius 3 is 3.06 bits per heavy atom. The Kier molecular flexibility index (Phi) is 3.67. The maximum absolute atomic E-state index is 5.52. The van der Waals surface area contributed by atoms with E-state index in [1.54, 1.807) is 0 Å². The molecule has 88 valence electrons. The first-order valence-electron chi connectivity index (χ1n) is 5.90. The van der Waals surface area contributed by atoms with Gasteiger partial charge in [-0.2, -0.15) is 0 Å². The van der Waals surface area contributed by atoms with Crippen molar-refractivity contribution in [2.24, 2.45) is 0 Å². The zero-order chi connectivity index (χ0) is 11.4. The molecule has 0 amide bonds. The lowest BCUT2D eigenvalue weighted by molar-refractivity contribution is 0.121. The van der Waals surface area contributed by atoms with E-state index in [4.69, 9.17) is 9.47 Å². The van der Waals surface area contributed by atoms with E-state index in [0.717, 1.165) is 24.5 Å². The van der Waals surface area contributed by atoms with E-state index in [1.165, 1.54) is 0 Å². The number of hydrogen-bond donors (Lipinski definition) is 1. The van der Waals surface area contributed by atoms with Crippen LogP contribution in [-0.2, 0) is 4.74 Å². The molecule has 0 spiro atoms. The molecular weight excluding hydrogens is 202 g/mol. The molecule has 0 aromatic heterocycles. The van der Waals surface area contributed by atoms with Crippen LogP contribution in [0, 0.1) is 0 Å². The normalized spacial score (nSPS) is 24.4. The summed E-state index contributed by atoms with van der Waals surface area (Å²) in [6.07, 6.45) is 1.36. The highest BCUT2D eigenvalue weighted by Gasteiger charge is 2.23. The zero-order valence-corrected chi connectivity index (χ0v) is 9.90. The molecule has 0 radical (unpaired) electrons. The van der Waals surface area contributed by atoms with Gasteiger partial charge >= 0.3 is 0 Å². The predicted octanol–water partition coefficient (Wildman–Crippen LogP) is 2.67. The van der Waals surface area contributed by atoms with Gasteiger partial charge in [-0.1, -0.05) is 6.07 Å². The van der Waals surface area contributed by atoms with Gasteiger partial charge in [0.25, 0.3) is 0 Å². The van der Waals surface area contributed by atoms with Crippen LogP contribution >= 0.6 is 0 Å². The van der Waals surface area contributed by atoms with Crippen LogP contribution in [-0.4, -0.2) is 25.4 Å². The second-order valence-corrected chi connectivity index (χ2v) is 4.08. The van der Waals surface area contributed by atoms with Crippen molar-refractivity contribution in [3.05, 3.63) is 24.3 Å². The van der Waals surface area contributed by atoms with E-state index in [2.05, 4.69) is 18.3 Å². The lowest BCUT2D eigenvalue weighted by Crippen LogP contribution is -2.26. The molecule has 1 aromatic carbocycles. The maximum Gasteiger partial charge on any atom is 0.121 e. The van der Waals surface area contributed by atoms with Gasteiger partial charge in [0.2, 0.25) is 0 Å². The summed E-state index contributed by atoms with van der Waals surface area (Å²) in [6, 6.07) is 8.50. The first kappa shape index (κ1) is 11.3. The minimum absolute atomic E-state index is 0.288. The first-order valence-corrected chi connectivity index (χ1v) is 5.90. The lowest BCUT2D eigenvalue weighted by Gasteiger charge is -2.17. The summed E-state index contributed by atoms with van der Waals surface area (Å²) in [5.41, 5.74) is 1.10. The van der Waals surface area contributed by atoms with E-state index < -0.39 is 0 Å². The zero-order valence-electron chi connectivity index (χ0n) is 9.90. The van der Waals surface area contributed by atoms with Crippen LogP contribution in [0.3, 0.4) is 0 Å². The standard InChI is InChI=1S/C13H19NO2/c1-3-15-12-6-4-5-11(9-12)14-13-7-8-16-10(13)2/h4-6,9-10,13-14H,3,7-8H2,1-2H3. The monoisotopic (exact) mass is 221 g/mol. The molecule has 16 heavy (non-hydrogen) atoms. The van der Waals surface area contributed by atoms with E-state index >= 15 is 0 Å². The number of ether oxygens (including phenoxy) is 2. The molecule has 1 fully saturated rings. The largest absolute Gasteiger partial charge is 0.494 e. The molecule has 3 heteroatoms. The highest BCUT2D eigenvalue weighted by Crippen LogP contribution is 2.22.